The lowest BCUT2D eigenvalue weighted by molar-refractivity contribution is 0.919. The minimum atomic E-state index is 1.14. The molecule has 0 unspecified atom stereocenters. The van der Waals surface area contributed by atoms with Crippen molar-refractivity contribution in [3.63, 3.8) is 0 Å². The second kappa shape index (κ2) is 5.77. The minimum absolute atomic E-state index is 1.14. The van der Waals surface area contributed by atoms with E-state index in [2.05, 4.69) is 64.1 Å². The van der Waals surface area contributed by atoms with Gasteiger partial charge in [-0.1, -0.05) is 47.6 Å². The number of allylic oxidation sites excluding steroid dienone is 2. The first-order valence-corrected chi connectivity index (χ1v) is 9.10. The summed E-state index contributed by atoms with van der Waals surface area (Å²) < 4.78 is 0. The number of aryl methyl sites for hydroxylation is 4. The Morgan fingerprint density at radius 3 is 1.46 bits per heavy atom. The van der Waals surface area contributed by atoms with Gasteiger partial charge in [-0.05, 0) is 97.9 Å². The van der Waals surface area contributed by atoms with Crippen molar-refractivity contribution >= 4 is 12.2 Å². The summed E-state index contributed by atoms with van der Waals surface area (Å²) in [6.07, 6.45) is 9.34. The number of hydrogen-bond donors (Lipinski definition) is 0. The second-order valence-corrected chi connectivity index (χ2v) is 7.70. The highest BCUT2D eigenvalue weighted by molar-refractivity contribution is 5.69. The Morgan fingerprint density at radius 2 is 1.04 bits per heavy atom. The van der Waals surface area contributed by atoms with Crippen LogP contribution in [0.1, 0.15) is 58.4 Å². The lowest BCUT2D eigenvalue weighted by Crippen LogP contribution is -2.02. The van der Waals surface area contributed by atoms with E-state index >= 15 is 0 Å². The van der Waals surface area contributed by atoms with Crippen LogP contribution in [0.25, 0.3) is 12.2 Å². The van der Waals surface area contributed by atoms with E-state index in [1.807, 2.05) is 0 Å². The van der Waals surface area contributed by atoms with Crippen LogP contribution in [0.2, 0.25) is 0 Å². The third kappa shape index (κ3) is 2.55. The number of hydrogen-bond acceptors (Lipinski definition) is 0. The fourth-order valence-corrected chi connectivity index (χ4v) is 4.36. The van der Waals surface area contributed by atoms with Crippen LogP contribution in [0, 0.1) is 13.8 Å². The molecule has 0 aromatic heterocycles. The van der Waals surface area contributed by atoms with Crippen molar-refractivity contribution in [1.29, 1.82) is 0 Å². The van der Waals surface area contributed by atoms with E-state index in [0.29, 0.717) is 0 Å². The van der Waals surface area contributed by atoms with Crippen molar-refractivity contribution in [2.45, 2.75) is 53.4 Å². The molecule has 0 spiro atoms. The summed E-state index contributed by atoms with van der Waals surface area (Å²) in [6.45, 7) is 8.98. The molecule has 0 radical (unpaired) electrons. The van der Waals surface area contributed by atoms with E-state index < -0.39 is 0 Å². The number of benzene rings is 2. The largest absolute Gasteiger partial charge is 0.0683 e. The highest BCUT2D eigenvalue weighted by atomic mass is 14.2. The zero-order valence-corrected chi connectivity index (χ0v) is 15.3. The summed E-state index contributed by atoms with van der Waals surface area (Å²) in [4.78, 5) is 0. The van der Waals surface area contributed by atoms with Gasteiger partial charge in [0.25, 0.3) is 0 Å². The van der Waals surface area contributed by atoms with Gasteiger partial charge in [-0.2, -0.15) is 0 Å². The summed E-state index contributed by atoms with van der Waals surface area (Å²) in [5.74, 6) is 0. The lowest BCUT2D eigenvalue weighted by atomic mass is 9.91. The molecule has 0 bridgehead atoms. The van der Waals surface area contributed by atoms with Gasteiger partial charge in [0.15, 0.2) is 0 Å². The Bertz CT molecular complexity index is 815. The quantitative estimate of drug-likeness (QED) is 0.651. The molecule has 0 nitrogen and oxygen atoms in total. The Kier molecular flexibility index (Phi) is 3.72. The van der Waals surface area contributed by atoms with Crippen LogP contribution in [0.4, 0.5) is 0 Å². The molecule has 0 saturated carbocycles. The molecule has 122 valence electrons. The van der Waals surface area contributed by atoms with Crippen LogP contribution in [0.15, 0.2) is 35.4 Å². The van der Waals surface area contributed by atoms with Crippen molar-refractivity contribution in [3.05, 3.63) is 79.9 Å². The zero-order valence-electron chi connectivity index (χ0n) is 15.3. The van der Waals surface area contributed by atoms with Gasteiger partial charge in [-0.15, -0.1) is 0 Å². The summed E-state index contributed by atoms with van der Waals surface area (Å²) in [6, 6.07) is 9.32. The van der Waals surface area contributed by atoms with E-state index in [9.17, 15) is 0 Å². The van der Waals surface area contributed by atoms with Crippen LogP contribution >= 0.6 is 0 Å². The smallest absolute Gasteiger partial charge is 0.00578 e. The van der Waals surface area contributed by atoms with Crippen LogP contribution in [-0.2, 0) is 25.7 Å². The molecule has 0 N–H and O–H groups in total. The molecular formula is C24H26. The molecule has 0 fully saturated rings. The average molecular weight is 314 g/mol. The second-order valence-electron chi connectivity index (χ2n) is 7.70. The van der Waals surface area contributed by atoms with Gasteiger partial charge in [0, 0.05) is 0 Å². The molecule has 0 saturated heterocycles. The minimum Gasteiger partial charge on any atom is -0.0683 e. The summed E-state index contributed by atoms with van der Waals surface area (Å²) in [5.41, 5.74) is 15.0. The Balaban J connectivity index is 1.61. The van der Waals surface area contributed by atoms with Crippen molar-refractivity contribution in [3.8, 4) is 0 Å². The maximum absolute atomic E-state index is 2.38. The monoisotopic (exact) mass is 314 g/mol. The molecule has 0 amide bonds. The third-order valence-corrected chi connectivity index (χ3v) is 5.70. The molecule has 2 aromatic rings. The van der Waals surface area contributed by atoms with Crippen LogP contribution < -0.4 is 0 Å². The van der Waals surface area contributed by atoms with Crippen molar-refractivity contribution in [1.82, 2.24) is 0 Å². The van der Waals surface area contributed by atoms with Gasteiger partial charge in [0.05, 0.1) is 0 Å². The van der Waals surface area contributed by atoms with Crippen LogP contribution in [-0.4, -0.2) is 0 Å². The molecule has 0 aliphatic heterocycles. The van der Waals surface area contributed by atoms with E-state index in [1.165, 1.54) is 33.4 Å². The van der Waals surface area contributed by atoms with E-state index in [4.69, 9.17) is 0 Å². The summed E-state index contributed by atoms with van der Waals surface area (Å²) in [7, 11) is 0. The summed E-state index contributed by atoms with van der Waals surface area (Å²) in [5, 5.41) is 0. The van der Waals surface area contributed by atoms with Crippen LogP contribution in [0.5, 0.6) is 0 Å². The number of fused-ring (bicyclic) bond motifs is 2. The van der Waals surface area contributed by atoms with Gasteiger partial charge in [-0.3, -0.25) is 0 Å². The van der Waals surface area contributed by atoms with E-state index in [-0.39, 0.29) is 0 Å². The fourth-order valence-electron chi connectivity index (χ4n) is 4.36. The van der Waals surface area contributed by atoms with Crippen molar-refractivity contribution < 1.29 is 0 Å². The van der Waals surface area contributed by atoms with E-state index in [0.717, 1.165) is 25.7 Å². The Morgan fingerprint density at radius 1 is 0.625 bits per heavy atom. The molecule has 0 heteroatoms. The van der Waals surface area contributed by atoms with E-state index in [1.54, 1.807) is 22.3 Å². The molecule has 4 rings (SSSR count). The average Bonchev–Trinajstić information content (AvgIpc) is 3.12. The molecule has 2 aliphatic carbocycles. The molecule has 2 aromatic carbocycles. The van der Waals surface area contributed by atoms with Gasteiger partial charge in [-0.25, -0.2) is 0 Å². The van der Waals surface area contributed by atoms with Crippen molar-refractivity contribution in [2.24, 2.45) is 0 Å². The molecule has 0 atom stereocenters. The van der Waals surface area contributed by atoms with Gasteiger partial charge in [0.2, 0.25) is 0 Å². The first-order valence-electron chi connectivity index (χ1n) is 9.10. The Hall–Kier alpha value is -2.08. The third-order valence-electron chi connectivity index (χ3n) is 5.70. The zero-order chi connectivity index (χ0) is 16.8. The molecular weight excluding hydrogens is 288 g/mol. The Labute approximate surface area is 145 Å². The first kappa shape index (κ1) is 15.4. The molecule has 24 heavy (non-hydrogen) atoms. The normalized spacial score (nSPS) is 15.2. The fraction of sp³-hybridized carbons (Fsp3) is 0.333. The van der Waals surface area contributed by atoms with Gasteiger partial charge >= 0.3 is 0 Å². The highest BCUT2D eigenvalue weighted by Gasteiger charge is 2.18. The summed E-state index contributed by atoms with van der Waals surface area (Å²) >= 11 is 0. The van der Waals surface area contributed by atoms with Crippen molar-refractivity contribution in [2.75, 3.05) is 0 Å². The number of rotatable bonds is 3. The predicted molar refractivity (Wildman–Crippen MR) is 104 cm³/mol. The van der Waals surface area contributed by atoms with Gasteiger partial charge in [0.1, 0.15) is 0 Å². The topological polar surface area (TPSA) is 0 Å². The van der Waals surface area contributed by atoms with Crippen LogP contribution in [0.3, 0.4) is 0 Å². The molecule has 2 aliphatic rings. The predicted octanol–water partition coefficient (Wildman–Crippen LogP) is 6.01. The lowest BCUT2D eigenvalue weighted by Gasteiger charge is -2.14. The maximum atomic E-state index is 2.38. The first-order chi connectivity index (χ1) is 11.5. The SMILES string of the molecule is CC1=Cc2c(C)ccc(CCc3ccc(C)c4c3CC(C)=C4)c2C1. The van der Waals surface area contributed by atoms with Gasteiger partial charge < -0.3 is 0 Å². The standard InChI is InChI=1S/C24H26/c1-15-11-21-17(3)5-7-19(23(21)13-15)9-10-20-8-6-18(4)22-12-16(2)14-24(20)22/h5-8,11-12H,9-10,13-14H2,1-4H3. The molecule has 0 heterocycles. The highest BCUT2D eigenvalue weighted by Crippen LogP contribution is 2.33. The maximum Gasteiger partial charge on any atom is -0.00578 e.